The number of aromatic nitrogens is 3. The number of rotatable bonds is 6. The summed E-state index contributed by atoms with van der Waals surface area (Å²) in [7, 11) is 0. The molecule has 3 aliphatic rings. The zero-order chi connectivity index (χ0) is 21.8. The number of carbonyl (C=O) groups is 2. The van der Waals surface area contributed by atoms with E-state index < -0.39 is 0 Å². The summed E-state index contributed by atoms with van der Waals surface area (Å²) in [5.41, 5.74) is 1.33. The van der Waals surface area contributed by atoms with Crippen LogP contribution in [0.4, 0.5) is 0 Å². The summed E-state index contributed by atoms with van der Waals surface area (Å²) in [5.74, 6) is 1.20. The first-order chi connectivity index (χ1) is 14.9. The lowest BCUT2D eigenvalue weighted by Gasteiger charge is -2.45. The molecule has 2 fully saturated rings. The Hall–Kier alpha value is -1.96. The van der Waals surface area contributed by atoms with Crippen LogP contribution in [0.15, 0.2) is 0 Å². The van der Waals surface area contributed by atoms with E-state index in [9.17, 15) is 9.59 Å². The Labute approximate surface area is 185 Å². The molecule has 1 aliphatic carbocycles. The van der Waals surface area contributed by atoms with Gasteiger partial charge in [0, 0.05) is 19.4 Å². The van der Waals surface area contributed by atoms with Crippen LogP contribution in [0.1, 0.15) is 83.0 Å². The number of hydrogen-bond acceptors (Lipinski definition) is 5. The van der Waals surface area contributed by atoms with Crippen molar-refractivity contribution in [1.29, 1.82) is 0 Å². The summed E-state index contributed by atoms with van der Waals surface area (Å²) >= 11 is 0. The molecule has 1 saturated carbocycles. The van der Waals surface area contributed by atoms with E-state index in [4.69, 9.17) is 4.74 Å². The lowest BCUT2D eigenvalue weighted by atomic mass is 9.86. The van der Waals surface area contributed by atoms with Gasteiger partial charge in [-0.2, -0.15) is 0 Å². The number of fused-ring (bicyclic) bond motifs is 1. The molecule has 0 bridgehead atoms. The molecule has 2 amide bonds. The molecule has 0 radical (unpaired) electrons. The van der Waals surface area contributed by atoms with Gasteiger partial charge in [-0.3, -0.25) is 9.59 Å². The van der Waals surface area contributed by atoms with Crippen LogP contribution in [-0.2, 0) is 34.0 Å². The summed E-state index contributed by atoms with van der Waals surface area (Å²) in [6.45, 7) is 6.94. The molecule has 1 N–H and O–H groups in total. The smallest absolute Gasteiger partial charge is 0.222 e. The summed E-state index contributed by atoms with van der Waals surface area (Å²) in [6.07, 6.45) is 9.31. The number of amides is 2. The molecule has 1 spiro atoms. The Morgan fingerprint density at radius 1 is 1.19 bits per heavy atom. The van der Waals surface area contributed by atoms with Gasteiger partial charge >= 0.3 is 0 Å². The van der Waals surface area contributed by atoms with Crippen LogP contribution in [0.3, 0.4) is 0 Å². The van der Waals surface area contributed by atoms with Crippen molar-refractivity contribution in [2.24, 2.45) is 11.8 Å². The van der Waals surface area contributed by atoms with Gasteiger partial charge < -0.3 is 15.0 Å². The van der Waals surface area contributed by atoms with Crippen molar-refractivity contribution < 1.29 is 14.3 Å². The van der Waals surface area contributed by atoms with E-state index in [2.05, 4.69) is 15.6 Å². The number of ether oxygens (including phenoxy) is 1. The second-order valence-electron chi connectivity index (χ2n) is 10.1. The van der Waals surface area contributed by atoms with E-state index in [0.29, 0.717) is 50.9 Å². The molecule has 31 heavy (non-hydrogen) atoms. The van der Waals surface area contributed by atoms with Gasteiger partial charge in [-0.1, -0.05) is 38.3 Å². The highest BCUT2D eigenvalue weighted by atomic mass is 16.5. The first kappa shape index (κ1) is 22.2. The molecule has 172 valence electrons. The normalized spacial score (nSPS) is 24.4. The highest BCUT2D eigenvalue weighted by Crippen LogP contribution is 2.34. The molecule has 3 heterocycles. The molecule has 1 atom stereocenters. The minimum absolute atomic E-state index is 0.0318. The lowest BCUT2D eigenvalue weighted by molar-refractivity contribution is -0.153. The minimum atomic E-state index is -0.376. The SMILES string of the molecule is CC(C)CC(=O)NCc1nnn2c1COC1(CCCN(C(=O)CC3CCCCC3)C1)C2. The van der Waals surface area contributed by atoms with Gasteiger partial charge in [0.1, 0.15) is 11.3 Å². The molecule has 4 rings (SSSR count). The van der Waals surface area contributed by atoms with Crippen LogP contribution >= 0.6 is 0 Å². The highest BCUT2D eigenvalue weighted by molar-refractivity contribution is 5.77. The topological polar surface area (TPSA) is 89.3 Å². The third kappa shape index (κ3) is 5.45. The van der Waals surface area contributed by atoms with Crippen molar-refractivity contribution in [3.63, 3.8) is 0 Å². The number of likely N-dealkylation sites (tertiary alicyclic amines) is 1. The average molecular weight is 432 g/mol. The van der Waals surface area contributed by atoms with Gasteiger partial charge in [0.2, 0.25) is 11.8 Å². The number of hydrogen-bond donors (Lipinski definition) is 1. The molecule has 1 aromatic rings. The van der Waals surface area contributed by atoms with E-state index >= 15 is 0 Å². The first-order valence-corrected chi connectivity index (χ1v) is 12.0. The van der Waals surface area contributed by atoms with Gasteiger partial charge in [-0.25, -0.2) is 4.68 Å². The average Bonchev–Trinajstić information content (AvgIpc) is 3.14. The molecule has 8 nitrogen and oxygen atoms in total. The van der Waals surface area contributed by atoms with Crippen molar-refractivity contribution in [3.05, 3.63) is 11.4 Å². The van der Waals surface area contributed by atoms with Crippen LogP contribution in [-0.4, -0.2) is 50.4 Å². The number of piperidine rings is 1. The zero-order valence-corrected chi connectivity index (χ0v) is 19.1. The largest absolute Gasteiger partial charge is 0.365 e. The van der Waals surface area contributed by atoms with Crippen molar-refractivity contribution >= 4 is 11.8 Å². The van der Waals surface area contributed by atoms with Crippen molar-refractivity contribution in [2.75, 3.05) is 13.1 Å². The fraction of sp³-hybridized carbons (Fsp3) is 0.826. The molecule has 1 aromatic heterocycles. The van der Waals surface area contributed by atoms with Crippen molar-refractivity contribution in [3.8, 4) is 0 Å². The quantitative estimate of drug-likeness (QED) is 0.748. The molecular weight excluding hydrogens is 394 g/mol. The van der Waals surface area contributed by atoms with Gasteiger partial charge in [0.15, 0.2) is 0 Å². The van der Waals surface area contributed by atoms with Crippen LogP contribution in [0.25, 0.3) is 0 Å². The van der Waals surface area contributed by atoms with Crippen LogP contribution in [0.2, 0.25) is 0 Å². The van der Waals surface area contributed by atoms with E-state index in [1.807, 2.05) is 23.4 Å². The Balaban J connectivity index is 1.34. The van der Waals surface area contributed by atoms with E-state index in [1.165, 1.54) is 32.1 Å². The van der Waals surface area contributed by atoms with Crippen LogP contribution in [0, 0.1) is 11.8 Å². The molecule has 0 aromatic carbocycles. The van der Waals surface area contributed by atoms with Crippen molar-refractivity contribution in [1.82, 2.24) is 25.2 Å². The number of carbonyl (C=O) groups excluding carboxylic acids is 2. The van der Waals surface area contributed by atoms with Crippen LogP contribution in [0.5, 0.6) is 0 Å². The number of nitrogens with one attached hydrogen (secondary N) is 1. The molecule has 2 aliphatic heterocycles. The maximum absolute atomic E-state index is 13.0. The second-order valence-corrected chi connectivity index (χ2v) is 10.1. The van der Waals surface area contributed by atoms with E-state index in [-0.39, 0.29) is 17.4 Å². The van der Waals surface area contributed by atoms with Crippen LogP contribution < -0.4 is 5.32 Å². The van der Waals surface area contributed by atoms with Crippen molar-refractivity contribution in [2.45, 2.75) is 96.9 Å². The number of nitrogens with zero attached hydrogens (tertiary/aromatic N) is 4. The van der Waals surface area contributed by atoms with Gasteiger partial charge in [0.05, 0.1) is 31.9 Å². The Morgan fingerprint density at radius 3 is 2.77 bits per heavy atom. The van der Waals surface area contributed by atoms with E-state index in [0.717, 1.165) is 30.8 Å². The third-order valence-electron chi connectivity index (χ3n) is 7.00. The summed E-state index contributed by atoms with van der Waals surface area (Å²) < 4.78 is 8.29. The molecule has 1 unspecified atom stereocenters. The fourth-order valence-electron chi connectivity index (χ4n) is 5.28. The first-order valence-electron chi connectivity index (χ1n) is 12.0. The molecule has 8 heteroatoms. The summed E-state index contributed by atoms with van der Waals surface area (Å²) in [6, 6.07) is 0. The summed E-state index contributed by atoms with van der Waals surface area (Å²) in [4.78, 5) is 27.0. The fourth-order valence-corrected chi connectivity index (χ4v) is 5.28. The standard InChI is InChI=1S/C23H37N5O3/c1-17(2)11-21(29)24-13-19-20-14-31-23(16-28(20)26-25-19)9-6-10-27(15-23)22(30)12-18-7-4-3-5-8-18/h17-18H,3-16H2,1-2H3,(H,24,29). The van der Waals surface area contributed by atoms with Gasteiger partial charge in [-0.05, 0) is 37.5 Å². The van der Waals surface area contributed by atoms with Gasteiger partial charge in [0.25, 0.3) is 0 Å². The monoisotopic (exact) mass is 431 g/mol. The predicted octanol–water partition coefficient (Wildman–Crippen LogP) is 2.80. The van der Waals surface area contributed by atoms with Gasteiger partial charge in [-0.15, -0.1) is 5.10 Å². The van der Waals surface area contributed by atoms with E-state index in [1.54, 1.807) is 0 Å². The lowest BCUT2D eigenvalue weighted by Crippen LogP contribution is -2.55. The maximum Gasteiger partial charge on any atom is 0.222 e. The molecular formula is C23H37N5O3. The Morgan fingerprint density at radius 2 is 2.00 bits per heavy atom. The minimum Gasteiger partial charge on any atom is -0.365 e. The zero-order valence-electron chi connectivity index (χ0n) is 19.1. The molecule has 1 saturated heterocycles. The third-order valence-corrected chi connectivity index (χ3v) is 7.00. The highest BCUT2D eigenvalue weighted by Gasteiger charge is 2.42. The summed E-state index contributed by atoms with van der Waals surface area (Å²) in [5, 5.41) is 11.6. The predicted molar refractivity (Wildman–Crippen MR) is 116 cm³/mol. The maximum atomic E-state index is 13.0. The Bertz CT molecular complexity index is 786. The second kappa shape index (κ2) is 9.67. The Kier molecular flexibility index (Phi) is 6.94.